The largest absolute Gasteiger partial charge is 0.491 e. The summed E-state index contributed by atoms with van der Waals surface area (Å²) in [6, 6.07) is 6.29. The molecule has 0 bridgehead atoms. The zero-order valence-corrected chi connectivity index (χ0v) is 12.3. The molecule has 0 amide bonds. The highest BCUT2D eigenvalue weighted by atomic mass is 16.6. The maximum Gasteiger partial charge on any atom is 0.119 e. The first-order valence-electron chi connectivity index (χ1n) is 7.61. The Bertz CT molecular complexity index is 495. The number of hydrogen-bond donors (Lipinski definition) is 0. The van der Waals surface area contributed by atoms with Gasteiger partial charge in [-0.25, -0.2) is 0 Å². The van der Waals surface area contributed by atoms with E-state index in [4.69, 9.17) is 18.9 Å². The summed E-state index contributed by atoms with van der Waals surface area (Å²) in [5.74, 6) is 0.914. The van der Waals surface area contributed by atoms with Crippen molar-refractivity contribution in [2.24, 2.45) is 0 Å². The maximum atomic E-state index is 5.74. The van der Waals surface area contributed by atoms with Gasteiger partial charge in [0.1, 0.15) is 18.5 Å². The van der Waals surface area contributed by atoms with Crippen LogP contribution in [0.4, 0.5) is 5.69 Å². The van der Waals surface area contributed by atoms with Gasteiger partial charge in [-0.15, -0.1) is 0 Å². The minimum Gasteiger partial charge on any atom is -0.491 e. The summed E-state index contributed by atoms with van der Waals surface area (Å²) in [7, 11) is 0. The molecule has 3 heterocycles. The molecule has 3 unspecified atom stereocenters. The molecule has 3 aliphatic rings. The SMILES string of the molecule is Cc1cc(OCC2CO2)ccc1N(CC1CO1)CC1CO1. The molecule has 114 valence electrons. The van der Waals surface area contributed by atoms with Crippen molar-refractivity contribution in [3.8, 4) is 5.75 Å². The summed E-state index contributed by atoms with van der Waals surface area (Å²) in [5.41, 5.74) is 2.47. The lowest BCUT2D eigenvalue weighted by molar-refractivity contribution is 0.263. The average molecular weight is 291 g/mol. The third-order valence-corrected chi connectivity index (χ3v) is 4.00. The van der Waals surface area contributed by atoms with Gasteiger partial charge in [-0.05, 0) is 30.7 Å². The quantitative estimate of drug-likeness (QED) is 0.677. The highest BCUT2D eigenvalue weighted by molar-refractivity contribution is 5.56. The third-order valence-electron chi connectivity index (χ3n) is 4.00. The molecule has 3 saturated heterocycles. The summed E-state index contributed by atoms with van der Waals surface area (Å²) < 4.78 is 21.7. The van der Waals surface area contributed by atoms with E-state index in [0.717, 1.165) is 38.7 Å². The first kappa shape index (κ1) is 13.4. The second-order valence-corrected chi connectivity index (χ2v) is 6.03. The van der Waals surface area contributed by atoms with Gasteiger partial charge in [0.05, 0.1) is 32.0 Å². The van der Waals surface area contributed by atoms with Gasteiger partial charge < -0.3 is 23.8 Å². The number of ether oxygens (including phenoxy) is 4. The van der Waals surface area contributed by atoms with Gasteiger partial charge in [-0.2, -0.15) is 0 Å². The highest BCUT2D eigenvalue weighted by Crippen LogP contribution is 2.28. The van der Waals surface area contributed by atoms with Crippen molar-refractivity contribution in [1.29, 1.82) is 0 Å². The monoisotopic (exact) mass is 291 g/mol. The molecule has 0 aliphatic carbocycles. The lowest BCUT2D eigenvalue weighted by Crippen LogP contribution is -2.32. The molecule has 3 atom stereocenters. The van der Waals surface area contributed by atoms with E-state index in [2.05, 4.69) is 24.0 Å². The Balaban J connectivity index is 1.44. The Kier molecular flexibility index (Phi) is 3.49. The number of rotatable bonds is 8. The molecule has 0 saturated carbocycles. The Morgan fingerprint density at radius 1 is 1.05 bits per heavy atom. The zero-order chi connectivity index (χ0) is 14.2. The van der Waals surface area contributed by atoms with Crippen molar-refractivity contribution in [3.05, 3.63) is 23.8 Å². The molecule has 1 aromatic rings. The zero-order valence-electron chi connectivity index (χ0n) is 12.3. The van der Waals surface area contributed by atoms with Crippen LogP contribution in [0.3, 0.4) is 0 Å². The minimum atomic E-state index is 0.292. The first-order chi connectivity index (χ1) is 10.3. The van der Waals surface area contributed by atoms with Crippen molar-refractivity contribution >= 4 is 5.69 Å². The molecule has 5 heteroatoms. The van der Waals surface area contributed by atoms with E-state index in [-0.39, 0.29) is 0 Å². The minimum absolute atomic E-state index is 0.292. The number of hydrogen-bond acceptors (Lipinski definition) is 5. The van der Waals surface area contributed by atoms with Crippen LogP contribution in [-0.2, 0) is 14.2 Å². The van der Waals surface area contributed by atoms with Crippen LogP contribution >= 0.6 is 0 Å². The predicted molar refractivity (Wildman–Crippen MR) is 78.1 cm³/mol. The molecule has 21 heavy (non-hydrogen) atoms. The van der Waals surface area contributed by atoms with Crippen LogP contribution in [-0.4, -0.2) is 57.8 Å². The van der Waals surface area contributed by atoms with Gasteiger partial charge in [0.2, 0.25) is 0 Å². The van der Waals surface area contributed by atoms with Crippen LogP contribution < -0.4 is 9.64 Å². The summed E-state index contributed by atoms with van der Waals surface area (Å²) in [4.78, 5) is 2.37. The smallest absolute Gasteiger partial charge is 0.119 e. The van der Waals surface area contributed by atoms with Crippen molar-refractivity contribution in [2.45, 2.75) is 25.2 Å². The molecule has 3 aliphatic heterocycles. The summed E-state index contributed by atoms with van der Waals surface area (Å²) in [6.07, 6.45) is 1.05. The molecule has 3 fully saturated rings. The fraction of sp³-hybridized carbons (Fsp3) is 0.625. The number of aryl methyl sites for hydroxylation is 1. The fourth-order valence-corrected chi connectivity index (χ4v) is 2.54. The Hall–Kier alpha value is -1.30. The predicted octanol–water partition coefficient (Wildman–Crippen LogP) is 1.38. The van der Waals surface area contributed by atoms with Gasteiger partial charge in [0, 0.05) is 18.8 Å². The lowest BCUT2D eigenvalue weighted by Gasteiger charge is -2.25. The fourth-order valence-electron chi connectivity index (χ4n) is 2.54. The molecular weight excluding hydrogens is 270 g/mol. The van der Waals surface area contributed by atoms with E-state index in [0.29, 0.717) is 24.9 Å². The van der Waals surface area contributed by atoms with Crippen LogP contribution in [0.2, 0.25) is 0 Å². The molecule has 1 aromatic carbocycles. The molecule has 0 spiro atoms. The van der Waals surface area contributed by atoms with Gasteiger partial charge >= 0.3 is 0 Å². The van der Waals surface area contributed by atoms with E-state index in [1.54, 1.807) is 0 Å². The van der Waals surface area contributed by atoms with Gasteiger partial charge in [0.15, 0.2) is 0 Å². The molecule has 0 aromatic heterocycles. The Morgan fingerprint density at radius 2 is 1.67 bits per heavy atom. The van der Waals surface area contributed by atoms with Crippen LogP contribution in [0.25, 0.3) is 0 Å². The van der Waals surface area contributed by atoms with E-state index in [1.165, 1.54) is 11.3 Å². The summed E-state index contributed by atoms with van der Waals surface area (Å²) in [6.45, 7) is 7.24. The first-order valence-corrected chi connectivity index (χ1v) is 7.61. The average Bonchev–Trinajstić information content (AvgIpc) is 3.33. The van der Waals surface area contributed by atoms with E-state index >= 15 is 0 Å². The number of nitrogens with zero attached hydrogens (tertiary/aromatic N) is 1. The molecule has 5 nitrogen and oxygen atoms in total. The Morgan fingerprint density at radius 3 is 2.19 bits per heavy atom. The molecule has 4 rings (SSSR count). The third kappa shape index (κ3) is 3.67. The maximum absolute atomic E-state index is 5.74. The normalized spacial score (nSPS) is 29.1. The number of anilines is 1. The topological polar surface area (TPSA) is 50.1 Å². The van der Waals surface area contributed by atoms with Crippen LogP contribution in [0.1, 0.15) is 5.56 Å². The van der Waals surface area contributed by atoms with E-state index in [1.807, 2.05) is 6.07 Å². The summed E-state index contributed by atoms with van der Waals surface area (Å²) in [5, 5.41) is 0. The van der Waals surface area contributed by atoms with Gasteiger partial charge in [0.25, 0.3) is 0 Å². The van der Waals surface area contributed by atoms with Crippen molar-refractivity contribution < 1.29 is 18.9 Å². The van der Waals surface area contributed by atoms with Crippen LogP contribution in [0.5, 0.6) is 5.75 Å². The highest BCUT2D eigenvalue weighted by Gasteiger charge is 2.31. The van der Waals surface area contributed by atoms with Crippen molar-refractivity contribution in [1.82, 2.24) is 0 Å². The van der Waals surface area contributed by atoms with Crippen LogP contribution in [0.15, 0.2) is 18.2 Å². The standard InChI is InChI=1S/C16H21NO4/c1-11-4-12(18-9-15-10-21-15)2-3-16(11)17(5-13-7-19-13)6-14-8-20-14/h2-4,13-15H,5-10H2,1H3. The second kappa shape index (κ2) is 5.48. The van der Waals surface area contributed by atoms with Gasteiger partial charge in [-0.3, -0.25) is 0 Å². The van der Waals surface area contributed by atoms with Gasteiger partial charge in [-0.1, -0.05) is 0 Å². The van der Waals surface area contributed by atoms with Crippen LogP contribution in [0, 0.1) is 6.92 Å². The van der Waals surface area contributed by atoms with E-state index < -0.39 is 0 Å². The number of epoxide rings is 3. The molecular formula is C16H21NO4. The molecule has 0 N–H and O–H groups in total. The molecule has 0 radical (unpaired) electrons. The number of benzene rings is 1. The van der Waals surface area contributed by atoms with Crippen molar-refractivity contribution in [3.63, 3.8) is 0 Å². The lowest BCUT2D eigenvalue weighted by atomic mass is 10.1. The van der Waals surface area contributed by atoms with E-state index in [9.17, 15) is 0 Å². The van der Waals surface area contributed by atoms with Crippen molar-refractivity contribution in [2.75, 3.05) is 44.4 Å². The second-order valence-electron chi connectivity index (χ2n) is 6.03. The Labute approximate surface area is 124 Å². The summed E-state index contributed by atoms with van der Waals surface area (Å²) >= 11 is 0.